The zero-order chi connectivity index (χ0) is 27.2. The molecule has 38 heavy (non-hydrogen) atoms. The number of aromatic nitrogens is 2. The molecular weight excluding hydrogens is 627 g/mol. The van der Waals surface area contributed by atoms with Crippen LogP contribution in [0.15, 0.2) is 36.4 Å². The van der Waals surface area contributed by atoms with Gasteiger partial charge in [-0.25, -0.2) is 6.92 Å². The van der Waals surface area contributed by atoms with Crippen molar-refractivity contribution in [1.82, 2.24) is 14.9 Å². The first-order chi connectivity index (χ1) is 17.1. The van der Waals surface area contributed by atoms with E-state index in [0.29, 0.717) is 46.1 Å². The molecule has 4 radical (unpaired) electrons. The van der Waals surface area contributed by atoms with E-state index in [1.807, 2.05) is 43.3 Å². The Morgan fingerprint density at radius 3 is 2.08 bits per heavy atom. The van der Waals surface area contributed by atoms with E-state index in [2.05, 4.69) is 44.5 Å². The second-order valence-electron chi connectivity index (χ2n) is 9.50. The van der Waals surface area contributed by atoms with Crippen molar-refractivity contribution in [1.29, 1.82) is 0 Å². The minimum Gasteiger partial charge on any atom is -0.411 e. The fraction of sp³-hybridized carbons (Fsp3) is 0.517. The molecule has 0 aliphatic heterocycles. The molecule has 2 atom stereocenters. The minimum absolute atomic E-state index is 0. The molecule has 2 unspecified atom stereocenters. The summed E-state index contributed by atoms with van der Waals surface area (Å²) in [6.07, 6.45) is 0.830. The van der Waals surface area contributed by atoms with Crippen LogP contribution in [0.5, 0.6) is 0 Å². The van der Waals surface area contributed by atoms with E-state index in [1.54, 1.807) is 13.8 Å². The van der Waals surface area contributed by atoms with Crippen LogP contribution in [-0.2, 0) is 98.2 Å². The molecular formula is C29H43BN3O3Y2-3. The molecule has 9 heteroatoms. The normalized spacial score (nSPS) is 13.3. The molecule has 0 aliphatic carbocycles. The van der Waals surface area contributed by atoms with Crippen molar-refractivity contribution < 1.29 is 79.7 Å². The van der Waals surface area contributed by atoms with Crippen molar-refractivity contribution >= 4 is 14.1 Å². The summed E-state index contributed by atoms with van der Waals surface area (Å²) >= 11 is 0. The van der Waals surface area contributed by atoms with E-state index >= 15 is 0 Å². The third-order valence-electron chi connectivity index (χ3n) is 6.44. The van der Waals surface area contributed by atoms with Gasteiger partial charge in [0.2, 0.25) is 0 Å². The molecule has 0 aliphatic rings. The third-order valence-corrected chi connectivity index (χ3v) is 6.44. The molecule has 0 saturated carbocycles. The number of aldehydes is 1. The average molecular weight is 670 g/mol. The summed E-state index contributed by atoms with van der Waals surface area (Å²) < 4.78 is 11.0. The smallest absolute Gasteiger partial charge is 0.117 e. The Bertz CT molecular complexity index is 916. The van der Waals surface area contributed by atoms with Gasteiger partial charge in [-0.05, 0) is 23.4 Å². The zero-order valence-corrected chi connectivity index (χ0v) is 29.7. The zero-order valence-electron chi connectivity index (χ0n) is 24.0. The SMILES string of the molecule is [B]C(C)(C=O)C(C)C(C)(C)c1cccc(CN(CCOCCOC[CH2-])Cc2cccc([CH2-])n2)n1.[CH2-]C.[Y].[Y]. The number of carbonyl (C=O) groups excluding carboxylic acids is 1. The second-order valence-corrected chi connectivity index (χ2v) is 9.50. The van der Waals surface area contributed by atoms with Gasteiger partial charge in [0, 0.05) is 102 Å². The molecule has 2 aromatic heterocycles. The molecule has 204 valence electrons. The molecule has 0 aromatic carbocycles. The van der Waals surface area contributed by atoms with Crippen molar-refractivity contribution in [2.75, 3.05) is 33.0 Å². The summed E-state index contributed by atoms with van der Waals surface area (Å²) in [5.74, 6) is -0.103. The van der Waals surface area contributed by atoms with Crippen LogP contribution in [0.4, 0.5) is 0 Å². The van der Waals surface area contributed by atoms with Gasteiger partial charge in [0.1, 0.15) is 6.29 Å². The monoisotopic (exact) mass is 670 g/mol. The van der Waals surface area contributed by atoms with E-state index in [9.17, 15) is 4.79 Å². The Morgan fingerprint density at radius 1 is 0.974 bits per heavy atom. The van der Waals surface area contributed by atoms with Crippen molar-refractivity contribution in [3.63, 3.8) is 0 Å². The first-order valence-electron chi connectivity index (χ1n) is 12.5. The topological polar surface area (TPSA) is 64.6 Å². The summed E-state index contributed by atoms with van der Waals surface area (Å²) in [7, 11) is 6.26. The van der Waals surface area contributed by atoms with Gasteiger partial charge in [0.25, 0.3) is 0 Å². The predicted octanol–water partition coefficient (Wildman–Crippen LogP) is 4.82. The van der Waals surface area contributed by atoms with Gasteiger partial charge in [0.05, 0.1) is 33.4 Å². The van der Waals surface area contributed by atoms with Crippen molar-refractivity contribution in [3.05, 3.63) is 79.9 Å². The Hall–Kier alpha value is -0.00727. The first kappa shape index (κ1) is 40.1. The van der Waals surface area contributed by atoms with Gasteiger partial charge >= 0.3 is 0 Å². The minimum atomic E-state index is -0.938. The molecule has 2 rings (SSSR count). The number of rotatable bonds is 15. The summed E-state index contributed by atoms with van der Waals surface area (Å²) in [5, 5.41) is -0.938. The Balaban J connectivity index is 0. The fourth-order valence-electron chi connectivity index (χ4n) is 3.83. The van der Waals surface area contributed by atoms with Crippen LogP contribution >= 0.6 is 0 Å². The third kappa shape index (κ3) is 13.6. The number of hydrogen-bond donors (Lipinski definition) is 0. The molecule has 2 aromatic rings. The maximum absolute atomic E-state index is 11.6. The maximum Gasteiger partial charge on any atom is 0.117 e. The summed E-state index contributed by atoms with van der Waals surface area (Å²) in [4.78, 5) is 23.3. The molecule has 2 heterocycles. The number of hydrogen-bond acceptors (Lipinski definition) is 6. The Kier molecular flexibility index (Phi) is 22.0. The van der Waals surface area contributed by atoms with Gasteiger partial charge in [-0.15, -0.1) is 11.8 Å². The molecule has 0 bridgehead atoms. The molecule has 6 nitrogen and oxygen atoms in total. The van der Waals surface area contributed by atoms with E-state index in [1.165, 1.54) is 0 Å². The Labute approximate surface area is 283 Å². The van der Waals surface area contributed by atoms with Crippen molar-refractivity contribution in [2.24, 2.45) is 5.92 Å². The van der Waals surface area contributed by atoms with E-state index in [-0.39, 0.29) is 76.8 Å². The van der Waals surface area contributed by atoms with Crippen molar-refractivity contribution in [3.8, 4) is 0 Å². The van der Waals surface area contributed by atoms with Gasteiger partial charge in [0.15, 0.2) is 0 Å². The van der Waals surface area contributed by atoms with Crippen LogP contribution in [0.1, 0.15) is 57.4 Å². The van der Waals surface area contributed by atoms with Crippen LogP contribution in [0, 0.1) is 26.7 Å². The van der Waals surface area contributed by atoms with Gasteiger partial charge < -0.3 is 28.1 Å². The maximum atomic E-state index is 11.6. The molecule has 0 N–H and O–H groups in total. The van der Waals surface area contributed by atoms with Crippen LogP contribution < -0.4 is 0 Å². The van der Waals surface area contributed by atoms with Crippen molar-refractivity contribution in [2.45, 2.75) is 58.4 Å². The number of carbonyl (C=O) groups is 1. The van der Waals surface area contributed by atoms with Crippen LogP contribution in [0.2, 0.25) is 5.31 Å². The van der Waals surface area contributed by atoms with Gasteiger partial charge in [-0.3, -0.25) is 14.9 Å². The van der Waals surface area contributed by atoms with Crippen LogP contribution in [0.3, 0.4) is 0 Å². The van der Waals surface area contributed by atoms with Gasteiger partial charge in [-0.2, -0.15) is 13.0 Å². The molecule has 0 spiro atoms. The summed E-state index contributed by atoms with van der Waals surface area (Å²) in [6, 6.07) is 11.9. The standard InChI is InChI=1S/C27H38BN3O3.C2H5.2Y/c1-7-33-16-17-34-15-14-31(18-23-11-8-10-21(2)29-23)19-24-12-9-13-25(30-24)26(4,5)22(3)27(6,28)20-32;1-2;;/h8-13,20,22H,1-2,7,14-19H2,3-6H3;1H2,2H3;;/q-2;-1;;. The van der Waals surface area contributed by atoms with Crippen LogP contribution in [-0.4, -0.2) is 62.0 Å². The average Bonchev–Trinajstić information content (AvgIpc) is 2.87. The molecule has 0 amide bonds. The van der Waals surface area contributed by atoms with Crippen LogP contribution in [0.25, 0.3) is 0 Å². The largest absolute Gasteiger partial charge is 0.411 e. The molecule has 0 saturated heterocycles. The molecule has 0 fully saturated rings. The predicted molar refractivity (Wildman–Crippen MR) is 147 cm³/mol. The second kappa shape index (κ2) is 20.8. The number of nitrogens with zero attached hydrogens (tertiary/aromatic N) is 3. The van der Waals surface area contributed by atoms with Gasteiger partial charge in [-0.1, -0.05) is 46.4 Å². The summed E-state index contributed by atoms with van der Waals surface area (Å²) in [5.41, 5.74) is 3.16. The number of ether oxygens (including phenoxy) is 2. The Morgan fingerprint density at radius 2 is 1.53 bits per heavy atom. The van der Waals surface area contributed by atoms with E-state index in [0.717, 1.165) is 29.1 Å². The fourth-order valence-corrected chi connectivity index (χ4v) is 3.83. The summed E-state index contributed by atoms with van der Waals surface area (Å²) in [6.45, 7) is 24.6. The quantitative estimate of drug-likeness (QED) is 0.117. The number of pyridine rings is 2. The van der Waals surface area contributed by atoms with E-state index < -0.39 is 5.31 Å². The van der Waals surface area contributed by atoms with E-state index in [4.69, 9.17) is 22.3 Å². The first-order valence-corrected chi connectivity index (χ1v) is 12.5.